The fourth-order valence-electron chi connectivity index (χ4n) is 3.09. The molecule has 0 atom stereocenters. The van der Waals surface area contributed by atoms with E-state index in [9.17, 15) is 9.59 Å². The average Bonchev–Trinajstić information content (AvgIpc) is 3.06. The highest BCUT2D eigenvalue weighted by atomic mass is 35.5. The number of benzene rings is 1. The Balaban J connectivity index is 1.48. The Morgan fingerprint density at radius 2 is 1.90 bits per heavy atom. The molecule has 3 rings (SSSR count). The van der Waals surface area contributed by atoms with E-state index in [1.54, 1.807) is 42.1 Å². The molecular weight excluding hydrogens is 447 g/mol. The lowest BCUT2D eigenvalue weighted by Crippen LogP contribution is -2.49. The number of amides is 2. The zero-order valence-corrected chi connectivity index (χ0v) is 19.5. The van der Waals surface area contributed by atoms with Crippen molar-refractivity contribution >= 4 is 46.4 Å². The van der Waals surface area contributed by atoms with Gasteiger partial charge < -0.3 is 14.5 Å². The Kier molecular flexibility index (Phi) is 7.57. The van der Waals surface area contributed by atoms with E-state index in [2.05, 4.69) is 9.88 Å². The van der Waals surface area contributed by atoms with Crippen LogP contribution >= 0.6 is 34.5 Å². The second-order valence-corrected chi connectivity index (χ2v) is 9.17. The van der Waals surface area contributed by atoms with Crippen LogP contribution in [-0.4, -0.2) is 78.4 Å². The molecule has 2 amide bonds. The molecular formula is C20H24Cl2N4O3S. The van der Waals surface area contributed by atoms with Crippen molar-refractivity contribution < 1.29 is 14.3 Å². The summed E-state index contributed by atoms with van der Waals surface area (Å²) in [6.07, 6.45) is 0. The highest BCUT2D eigenvalue weighted by Gasteiger charge is 2.24. The van der Waals surface area contributed by atoms with Crippen molar-refractivity contribution in [1.29, 1.82) is 0 Å². The van der Waals surface area contributed by atoms with Crippen LogP contribution in [0.1, 0.15) is 20.4 Å². The summed E-state index contributed by atoms with van der Waals surface area (Å²) in [5.74, 6) is 0.340. The fraction of sp³-hybridized carbons (Fsp3) is 0.450. The first kappa shape index (κ1) is 22.8. The molecule has 2 aromatic rings. The number of halogens is 2. The van der Waals surface area contributed by atoms with Crippen LogP contribution in [0.4, 0.5) is 0 Å². The Labute approximate surface area is 190 Å². The van der Waals surface area contributed by atoms with Crippen molar-refractivity contribution in [3.8, 4) is 5.75 Å². The molecule has 0 aliphatic carbocycles. The van der Waals surface area contributed by atoms with Gasteiger partial charge in [-0.15, -0.1) is 11.3 Å². The smallest absolute Gasteiger partial charge is 0.265 e. The van der Waals surface area contributed by atoms with E-state index in [4.69, 9.17) is 27.9 Å². The van der Waals surface area contributed by atoms with Crippen LogP contribution in [0.3, 0.4) is 0 Å². The molecule has 1 aliphatic rings. The predicted molar refractivity (Wildman–Crippen MR) is 119 cm³/mol. The van der Waals surface area contributed by atoms with Crippen molar-refractivity contribution in [2.24, 2.45) is 0 Å². The number of aryl methyl sites for hydroxylation is 1. The van der Waals surface area contributed by atoms with Crippen molar-refractivity contribution in [3.05, 3.63) is 43.8 Å². The van der Waals surface area contributed by atoms with Gasteiger partial charge in [0.15, 0.2) is 6.61 Å². The van der Waals surface area contributed by atoms with Gasteiger partial charge in [-0.25, -0.2) is 4.98 Å². The third-order valence-electron chi connectivity index (χ3n) is 4.77. The molecule has 10 heteroatoms. The lowest BCUT2D eigenvalue weighted by atomic mass is 10.3. The van der Waals surface area contributed by atoms with Crippen molar-refractivity contribution in [1.82, 2.24) is 19.7 Å². The van der Waals surface area contributed by atoms with E-state index >= 15 is 0 Å². The van der Waals surface area contributed by atoms with Crippen LogP contribution in [0, 0.1) is 6.92 Å². The number of piperazine rings is 1. The summed E-state index contributed by atoms with van der Waals surface area (Å²) in [5, 5.41) is 1.81. The quantitative estimate of drug-likeness (QED) is 0.648. The monoisotopic (exact) mass is 470 g/mol. The highest BCUT2D eigenvalue weighted by Crippen LogP contribution is 2.27. The maximum Gasteiger partial charge on any atom is 0.265 e. The first-order valence-corrected chi connectivity index (χ1v) is 11.1. The molecule has 1 aromatic heterocycles. The molecule has 0 N–H and O–H groups in total. The van der Waals surface area contributed by atoms with E-state index in [1.807, 2.05) is 6.92 Å². The molecule has 1 fully saturated rings. The molecule has 1 aliphatic heterocycles. The van der Waals surface area contributed by atoms with Gasteiger partial charge in [-0.05, 0) is 25.1 Å². The first-order chi connectivity index (χ1) is 14.2. The molecule has 0 radical (unpaired) electrons. The molecule has 0 spiro atoms. The zero-order valence-electron chi connectivity index (χ0n) is 17.2. The first-order valence-electron chi connectivity index (χ1n) is 9.50. The Bertz CT molecular complexity index is 927. The number of hydrogen-bond donors (Lipinski definition) is 0. The van der Waals surface area contributed by atoms with Gasteiger partial charge in [0.25, 0.3) is 11.8 Å². The van der Waals surface area contributed by atoms with Crippen molar-refractivity contribution in [2.45, 2.75) is 13.5 Å². The van der Waals surface area contributed by atoms with Gasteiger partial charge >= 0.3 is 0 Å². The van der Waals surface area contributed by atoms with E-state index in [-0.39, 0.29) is 18.4 Å². The van der Waals surface area contributed by atoms with Gasteiger partial charge in [-0.2, -0.15) is 0 Å². The minimum absolute atomic E-state index is 0.0209. The van der Waals surface area contributed by atoms with Crippen LogP contribution in [0.25, 0.3) is 0 Å². The molecule has 1 saturated heterocycles. The van der Waals surface area contributed by atoms with E-state index in [1.165, 1.54) is 11.3 Å². The minimum Gasteiger partial charge on any atom is -0.482 e. The van der Waals surface area contributed by atoms with Crippen molar-refractivity contribution in [3.63, 3.8) is 0 Å². The number of aromatic nitrogens is 1. The maximum absolute atomic E-state index is 12.5. The number of rotatable bonds is 6. The molecule has 2 heterocycles. The Morgan fingerprint density at radius 1 is 1.20 bits per heavy atom. The van der Waals surface area contributed by atoms with Gasteiger partial charge in [0.2, 0.25) is 0 Å². The van der Waals surface area contributed by atoms with Crippen molar-refractivity contribution in [2.75, 3.05) is 46.9 Å². The number of hydrogen-bond acceptors (Lipinski definition) is 6. The number of carbonyl (C=O) groups excluding carboxylic acids is 2. The molecule has 0 unspecified atom stereocenters. The zero-order chi connectivity index (χ0) is 21.8. The van der Waals surface area contributed by atoms with Gasteiger partial charge in [0.05, 0.1) is 17.3 Å². The summed E-state index contributed by atoms with van der Waals surface area (Å²) in [6.45, 7) is 5.18. The summed E-state index contributed by atoms with van der Waals surface area (Å²) in [7, 11) is 3.48. The lowest BCUT2D eigenvalue weighted by Gasteiger charge is -2.34. The van der Waals surface area contributed by atoms with E-state index < -0.39 is 0 Å². The minimum atomic E-state index is -0.0791. The fourth-order valence-corrected chi connectivity index (χ4v) is 4.68. The lowest BCUT2D eigenvalue weighted by molar-refractivity contribution is -0.135. The number of carbonyl (C=O) groups is 2. The largest absolute Gasteiger partial charge is 0.482 e. The summed E-state index contributed by atoms with van der Waals surface area (Å²) >= 11 is 13.4. The third-order valence-corrected chi connectivity index (χ3v) is 6.43. The van der Waals surface area contributed by atoms with Crippen LogP contribution < -0.4 is 4.74 Å². The normalized spacial score (nSPS) is 14.6. The van der Waals surface area contributed by atoms with Crippen LogP contribution in [0.5, 0.6) is 5.75 Å². The van der Waals surface area contributed by atoms with Crippen LogP contribution in [0.15, 0.2) is 18.2 Å². The summed E-state index contributed by atoms with van der Waals surface area (Å²) in [5.41, 5.74) is 0.764. The molecule has 0 saturated carbocycles. The highest BCUT2D eigenvalue weighted by molar-refractivity contribution is 7.13. The van der Waals surface area contributed by atoms with E-state index in [0.29, 0.717) is 40.3 Å². The van der Waals surface area contributed by atoms with Gasteiger partial charge in [0, 0.05) is 45.3 Å². The molecule has 1 aromatic carbocycles. The standard InChI is InChI=1S/C20H24Cl2N4O3S/c1-13-19(20(28)24(2)3)30-17(23-13)11-25-6-8-26(9-7-25)18(27)12-29-16-5-4-14(21)10-15(16)22/h4-5,10H,6-9,11-12H2,1-3H3. The predicted octanol–water partition coefficient (Wildman–Crippen LogP) is 3.18. The van der Waals surface area contributed by atoms with Crippen LogP contribution in [-0.2, 0) is 11.3 Å². The summed E-state index contributed by atoms with van der Waals surface area (Å²) < 4.78 is 5.55. The number of ether oxygens (including phenoxy) is 1. The summed E-state index contributed by atoms with van der Waals surface area (Å²) in [6, 6.07) is 4.91. The molecule has 0 bridgehead atoms. The topological polar surface area (TPSA) is 66.0 Å². The number of thiazole rings is 1. The van der Waals surface area contributed by atoms with Gasteiger partial charge in [0.1, 0.15) is 15.6 Å². The number of nitrogens with zero attached hydrogens (tertiary/aromatic N) is 4. The van der Waals surface area contributed by atoms with Gasteiger partial charge in [-0.1, -0.05) is 23.2 Å². The van der Waals surface area contributed by atoms with E-state index in [0.717, 1.165) is 23.8 Å². The molecule has 30 heavy (non-hydrogen) atoms. The van der Waals surface area contributed by atoms with Gasteiger partial charge in [-0.3, -0.25) is 14.5 Å². The maximum atomic E-state index is 12.5. The van der Waals surface area contributed by atoms with Crippen LogP contribution in [0.2, 0.25) is 10.0 Å². The molecule has 162 valence electrons. The average molecular weight is 471 g/mol. The molecule has 7 nitrogen and oxygen atoms in total. The Morgan fingerprint density at radius 3 is 2.53 bits per heavy atom. The SMILES string of the molecule is Cc1nc(CN2CCN(C(=O)COc3ccc(Cl)cc3Cl)CC2)sc1C(=O)N(C)C. The summed E-state index contributed by atoms with van der Waals surface area (Å²) in [4.78, 5) is 35.5. The second kappa shape index (κ2) is 9.96. The third kappa shape index (κ3) is 5.63. The second-order valence-electron chi connectivity index (χ2n) is 7.24. The Hall–Kier alpha value is -1.87.